The van der Waals surface area contributed by atoms with Crippen molar-refractivity contribution in [2.45, 2.75) is 19.4 Å². The SMILES string of the molecule is C=CC(=O)Oc1c(C(=O)C(C)(C)O)cccc1-c1ccc(Cl)cc1. The molecule has 0 aliphatic rings. The molecule has 24 heavy (non-hydrogen) atoms. The van der Waals surface area contributed by atoms with E-state index in [4.69, 9.17) is 16.3 Å². The summed E-state index contributed by atoms with van der Waals surface area (Å²) in [6.07, 6.45) is 1.01. The van der Waals surface area contributed by atoms with Gasteiger partial charge in [-0.05, 0) is 37.6 Å². The molecule has 0 atom stereocenters. The first-order valence-corrected chi connectivity index (χ1v) is 7.62. The number of para-hydroxylation sites is 1. The second-order valence-corrected chi connectivity index (χ2v) is 6.14. The van der Waals surface area contributed by atoms with E-state index in [1.807, 2.05) is 0 Å². The van der Waals surface area contributed by atoms with Crippen molar-refractivity contribution >= 4 is 23.4 Å². The zero-order valence-electron chi connectivity index (χ0n) is 13.4. The number of rotatable bonds is 5. The molecule has 0 fully saturated rings. The monoisotopic (exact) mass is 344 g/mol. The molecule has 2 rings (SSSR count). The van der Waals surface area contributed by atoms with Crippen LogP contribution >= 0.6 is 11.6 Å². The fourth-order valence-electron chi connectivity index (χ4n) is 2.15. The van der Waals surface area contributed by atoms with Crippen LogP contribution in [0.5, 0.6) is 5.75 Å². The molecule has 2 aromatic rings. The Morgan fingerprint density at radius 3 is 2.33 bits per heavy atom. The number of hydrogen-bond donors (Lipinski definition) is 1. The van der Waals surface area contributed by atoms with Gasteiger partial charge in [0.2, 0.25) is 0 Å². The van der Waals surface area contributed by atoms with Crippen molar-refractivity contribution in [3.05, 3.63) is 65.7 Å². The van der Waals surface area contributed by atoms with Crippen molar-refractivity contribution in [2.24, 2.45) is 0 Å². The molecule has 2 aromatic carbocycles. The van der Waals surface area contributed by atoms with Crippen LogP contribution in [0, 0.1) is 0 Å². The maximum absolute atomic E-state index is 12.5. The number of esters is 1. The van der Waals surface area contributed by atoms with E-state index in [0.29, 0.717) is 10.6 Å². The van der Waals surface area contributed by atoms with Gasteiger partial charge in [-0.2, -0.15) is 0 Å². The van der Waals surface area contributed by atoms with Gasteiger partial charge in [0.05, 0.1) is 5.56 Å². The standard InChI is InChI=1S/C19H17ClO4/c1-4-16(21)24-17-14(12-8-10-13(20)11-9-12)6-5-7-15(17)18(22)19(2,3)23/h4-11,23H,1H2,2-3H3. The Morgan fingerprint density at radius 1 is 1.17 bits per heavy atom. The predicted molar refractivity (Wildman–Crippen MR) is 93.3 cm³/mol. The van der Waals surface area contributed by atoms with E-state index in [9.17, 15) is 14.7 Å². The molecule has 124 valence electrons. The maximum atomic E-state index is 12.5. The van der Waals surface area contributed by atoms with E-state index in [2.05, 4.69) is 6.58 Å². The fourth-order valence-corrected chi connectivity index (χ4v) is 2.28. The lowest BCUT2D eigenvalue weighted by Gasteiger charge is -2.19. The van der Waals surface area contributed by atoms with Crippen LogP contribution in [-0.2, 0) is 4.79 Å². The largest absolute Gasteiger partial charge is 0.422 e. The third-order valence-corrected chi connectivity index (χ3v) is 3.59. The van der Waals surface area contributed by atoms with E-state index in [1.165, 1.54) is 19.9 Å². The van der Waals surface area contributed by atoms with E-state index < -0.39 is 17.4 Å². The molecule has 0 spiro atoms. The van der Waals surface area contributed by atoms with Crippen LogP contribution < -0.4 is 4.74 Å². The molecule has 0 heterocycles. The lowest BCUT2D eigenvalue weighted by molar-refractivity contribution is -0.128. The normalized spacial score (nSPS) is 11.0. The van der Waals surface area contributed by atoms with Gasteiger partial charge in [0.1, 0.15) is 11.4 Å². The van der Waals surface area contributed by atoms with Gasteiger partial charge in [0, 0.05) is 16.7 Å². The van der Waals surface area contributed by atoms with Crippen LogP contribution in [0.2, 0.25) is 5.02 Å². The summed E-state index contributed by atoms with van der Waals surface area (Å²) in [5.41, 5.74) is -0.229. The van der Waals surface area contributed by atoms with Crippen molar-refractivity contribution in [1.29, 1.82) is 0 Å². The summed E-state index contributed by atoms with van der Waals surface area (Å²) >= 11 is 5.90. The molecule has 0 radical (unpaired) electrons. The minimum absolute atomic E-state index is 0.0804. The molecule has 0 aromatic heterocycles. The summed E-state index contributed by atoms with van der Waals surface area (Å²) in [6, 6.07) is 11.8. The zero-order valence-corrected chi connectivity index (χ0v) is 14.1. The highest BCUT2D eigenvalue weighted by Crippen LogP contribution is 2.35. The Morgan fingerprint density at radius 2 is 1.79 bits per heavy atom. The topological polar surface area (TPSA) is 63.6 Å². The molecule has 1 N–H and O–H groups in total. The number of carbonyl (C=O) groups is 2. The second-order valence-electron chi connectivity index (χ2n) is 5.70. The van der Waals surface area contributed by atoms with Gasteiger partial charge in [-0.15, -0.1) is 0 Å². The second kappa shape index (κ2) is 6.99. The molecule has 0 bridgehead atoms. The van der Waals surface area contributed by atoms with Crippen LogP contribution in [-0.4, -0.2) is 22.5 Å². The summed E-state index contributed by atoms with van der Waals surface area (Å²) in [4.78, 5) is 24.2. The average Bonchev–Trinajstić information content (AvgIpc) is 2.54. The van der Waals surface area contributed by atoms with Gasteiger partial charge in [0.25, 0.3) is 0 Å². The Bertz CT molecular complexity index is 786. The Kier molecular flexibility index (Phi) is 5.22. The van der Waals surface area contributed by atoms with Crippen LogP contribution in [0.15, 0.2) is 55.1 Å². The number of aliphatic hydroxyl groups is 1. The highest BCUT2D eigenvalue weighted by atomic mass is 35.5. The Balaban J connectivity index is 2.66. The fraction of sp³-hybridized carbons (Fsp3) is 0.158. The van der Waals surface area contributed by atoms with Crippen molar-refractivity contribution in [3.8, 4) is 16.9 Å². The molecular formula is C19H17ClO4. The molecule has 5 heteroatoms. The van der Waals surface area contributed by atoms with Crippen LogP contribution in [0.1, 0.15) is 24.2 Å². The Hall–Kier alpha value is -2.43. The van der Waals surface area contributed by atoms with Crippen molar-refractivity contribution in [2.75, 3.05) is 0 Å². The minimum atomic E-state index is -1.60. The molecular weight excluding hydrogens is 328 g/mol. The van der Waals surface area contributed by atoms with Gasteiger partial charge in [-0.3, -0.25) is 4.79 Å². The third-order valence-electron chi connectivity index (χ3n) is 3.34. The van der Waals surface area contributed by atoms with E-state index in [1.54, 1.807) is 36.4 Å². The summed E-state index contributed by atoms with van der Waals surface area (Å²) in [7, 11) is 0. The lowest BCUT2D eigenvalue weighted by Crippen LogP contribution is -2.31. The maximum Gasteiger partial charge on any atom is 0.335 e. The van der Waals surface area contributed by atoms with Gasteiger partial charge in [-0.25, -0.2) is 4.79 Å². The lowest BCUT2D eigenvalue weighted by atomic mass is 9.92. The zero-order chi connectivity index (χ0) is 17.9. The molecule has 0 aliphatic carbocycles. The van der Waals surface area contributed by atoms with Crippen molar-refractivity contribution in [3.63, 3.8) is 0 Å². The number of hydrogen-bond acceptors (Lipinski definition) is 4. The highest BCUT2D eigenvalue weighted by Gasteiger charge is 2.29. The quantitative estimate of drug-likeness (QED) is 0.384. The summed E-state index contributed by atoms with van der Waals surface area (Å²) in [5.74, 6) is -1.16. The van der Waals surface area contributed by atoms with E-state index in [-0.39, 0.29) is 11.3 Å². The average molecular weight is 345 g/mol. The van der Waals surface area contributed by atoms with E-state index in [0.717, 1.165) is 11.6 Å². The highest BCUT2D eigenvalue weighted by molar-refractivity contribution is 6.30. The van der Waals surface area contributed by atoms with Crippen molar-refractivity contribution < 1.29 is 19.4 Å². The summed E-state index contributed by atoms with van der Waals surface area (Å²) in [6.45, 7) is 6.12. The van der Waals surface area contributed by atoms with Crippen LogP contribution in [0.4, 0.5) is 0 Å². The smallest absolute Gasteiger partial charge is 0.335 e. The van der Waals surface area contributed by atoms with Gasteiger partial charge in [-0.1, -0.05) is 42.4 Å². The third kappa shape index (κ3) is 3.91. The van der Waals surface area contributed by atoms with Crippen LogP contribution in [0.3, 0.4) is 0 Å². The summed E-state index contributed by atoms with van der Waals surface area (Å²) < 4.78 is 5.30. The number of Topliss-reactive ketones (excluding diaryl/α,β-unsaturated/α-hetero) is 1. The van der Waals surface area contributed by atoms with Gasteiger partial charge < -0.3 is 9.84 Å². The first-order chi connectivity index (χ1) is 11.2. The molecule has 0 aliphatic heterocycles. The number of halogens is 1. The first-order valence-electron chi connectivity index (χ1n) is 7.24. The number of carbonyl (C=O) groups excluding carboxylic acids is 2. The molecule has 0 unspecified atom stereocenters. The summed E-state index contributed by atoms with van der Waals surface area (Å²) in [5, 5.41) is 10.6. The van der Waals surface area contributed by atoms with Gasteiger partial charge in [0.15, 0.2) is 5.78 Å². The Labute approximate surface area is 145 Å². The van der Waals surface area contributed by atoms with E-state index >= 15 is 0 Å². The molecule has 4 nitrogen and oxygen atoms in total. The first kappa shape index (κ1) is 17.9. The van der Waals surface area contributed by atoms with Crippen molar-refractivity contribution in [1.82, 2.24) is 0 Å². The number of ether oxygens (including phenoxy) is 1. The predicted octanol–water partition coefficient (Wildman–Crippen LogP) is 4.05. The number of ketones is 1. The molecule has 0 saturated heterocycles. The van der Waals surface area contributed by atoms with Crippen LogP contribution in [0.25, 0.3) is 11.1 Å². The number of benzene rings is 2. The van der Waals surface area contributed by atoms with Gasteiger partial charge >= 0.3 is 5.97 Å². The minimum Gasteiger partial charge on any atom is -0.422 e. The molecule has 0 amide bonds. The molecule has 0 saturated carbocycles.